The molecule has 0 amide bonds. The number of carbonyl (C=O) groups excluding carboxylic acids is 2. The molecule has 262 valence electrons. The molecule has 46 heavy (non-hydrogen) atoms. The van der Waals surface area contributed by atoms with Crippen molar-refractivity contribution in [1.29, 1.82) is 0 Å². The van der Waals surface area contributed by atoms with E-state index >= 15 is 0 Å². The third-order valence-corrected chi connectivity index (χ3v) is 7.43. The molecule has 0 rings (SSSR count). The van der Waals surface area contributed by atoms with Crippen LogP contribution in [0.2, 0.25) is 0 Å². The Labute approximate surface area is 283 Å². The van der Waals surface area contributed by atoms with E-state index in [1.165, 1.54) is 64.2 Å². The quantitative estimate of drug-likeness (QED) is 0.0450. The third kappa shape index (κ3) is 35.8. The summed E-state index contributed by atoms with van der Waals surface area (Å²) in [6.07, 6.45) is 48.1. The summed E-state index contributed by atoms with van der Waals surface area (Å²) < 4.78 is 10.3. The number of aliphatic hydroxyl groups is 1. The topological polar surface area (TPSA) is 72.8 Å². The van der Waals surface area contributed by atoms with Crippen molar-refractivity contribution in [2.24, 2.45) is 0 Å². The molecular formula is C41H68O5. The zero-order valence-electron chi connectivity index (χ0n) is 29.6. The molecule has 0 aliphatic carbocycles. The maximum atomic E-state index is 11.9. The van der Waals surface area contributed by atoms with Gasteiger partial charge >= 0.3 is 11.9 Å². The first-order chi connectivity index (χ1) is 22.6. The lowest BCUT2D eigenvalue weighted by atomic mass is 10.1. The van der Waals surface area contributed by atoms with E-state index in [-0.39, 0.29) is 25.2 Å². The van der Waals surface area contributed by atoms with Crippen LogP contribution in [-0.2, 0) is 19.1 Å². The molecule has 5 heteroatoms. The minimum absolute atomic E-state index is 0.140. The molecule has 0 radical (unpaired) electrons. The summed E-state index contributed by atoms with van der Waals surface area (Å²) in [5.74, 6) is -0.643. The Morgan fingerprint density at radius 3 is 1.35 bits per heavy atom. The van der Waals surface area contributed by atoms with Crippen molar-refractivity contribution in [3.63, 3.8) is 0 Å². The Morgan fingerprint density at radius 1 is 0.478 bits per heavy atom. The van der Waals surface area contributed by atoms with Gasteiger partial charge in [0.25, 0.3) is 0 Å². The van der Waals surface area contributed by atoms with Crippen molar-refractivity contribution in [3.8, 4) is 0 Å². The van der Waals surface area contributed by atoms with Gasteiger partial charge in [0.1, 0.15) is 19.3 Å². The van der Waals surface area contributed by atoms with Crippen LogP contribution in [0, 0.1) is 0 Å². The van der Waals surface area contributed by atoms with Crippen molar-refractivity contribution < 1.29 is 24.2 Å². The molecule has 0 aromatic rings. The number of rotatable bonds is 32. The van der Waals surface area contributed by atoms with Gasteiger partial charge in [0.15, 0.2) is 0 Å². The van der Waals surface area contributed by atoms with E-state index in [0.29, 0.717) is 19.3 Å². The molecule has 0 fully saturated rings. The van der Waals surface area contributed by atoms with Crippen molar-refractivity contribution in [2.75, 3.05) is 13.2 Å². The maximum absolute atomic E-state index is 11.9. The normalized spacial score (nSPS) is 13.0. The fraction of sp³-hybridized carbons (Fsp3) is 0.659. The van der Waals surface area contributed by atoms with Gasteiger partial charge in [0.2, 0.25) is 0 Å². The Kier molecular flexibility index (Phi) is 34.7. The number of esters is 2. The first-order valence-electron chi connectivity index (χ1n) is 18.5. The second kappa shape index (κ2) is 36.8. The molecule has 5 nitrogen and oxygen atoms in total. The molecule has 0 aliphatic rings. The van der Waals surface area contributed by atoms with E-state index in [9.17, 15) is 14.7 Å². The fourth-order valence-corrected chi connectivity index (χ4v) is 4.64. The standard InChI is InChI=1S/C41H68O5/c1-3-5-7-9-11-13-15-17-19-20-22-24-26-28-30-32-34-36-41(44)46-38-39(42)37-45-40(43)35-33-31-29-27-25-23-21-18-16-14-12-10-8-6-4-2/h5,7,11,13-14,16-17,19,22,24,28,30,39,42H,3-4,6,8-10,12,15,18,20-21,23,25-27,29,31-38H2,1-2H3/b7-5-,13-11-,16-14-,19-17-,24-22-,30-28-/t39-/m1/s1. The number of ether oxygens (including phenoxy) is 2. The summed E-state index contributed by atoms with van der Waals surface area (Å²) in [4.78, 5) is 23.9. The minimum atomic E-state index is -0.991. The van der Waals surface area contributed by atoms with Crippen molar-refractivity contribution in [1.82, 2.24) is 0 Å². The molecule has 0 spiro atoms. The number of hydrogen-bond donors (Lipinski definition) is 1. The number of hydrogen-bond acceptors (Lipinski definition) is 5. The lowest BCUT2D eigenvalue weighted by Crippen LogP contribution is -2.25. The van der Waals surface area contributed by atoms with E-state index in [2.05, 4.69) is 86.8 Å². The summed E-state index contributed by atoms with van der Waals surface area (Å²) in [5, 5.41) is 9.99. The van der Waals surface area contributed by atoms with Gasteiger partial charge in [-0.05, 0) is 77.0 Å². The van der Waals surface area contributed by atoms with Crippen LogP contribution in [-0.4, -0.2) is 36.4 Å². The Balaban J connectivity index is 3.57. The van der Waals surface area contributed by atoms with E-state index < -0.39 is 6.10 Å². The average Bonchev–Trinajstić information content (AvgIpc) is 3.06. The molecule has 0 aliphatic heterocycles. The summed E-state index contributed by atoms with van der Waals surface area (Å²) in [6, 6.07) is 0. The van der Waals surface area contributed by atoms with Crippen LogP contribution in [0.25, 0.3) is 0 Å². The van der Waals surface area contributed by atoms with Gasteiger partial charge in [0, 0.05) is 12.8 Å². The molecule has 0 saturated carbocycles. The van der Waals surface area contributed by atoms with Crippen molar-refractivity contribution in [2.45, 2.75) is 161 Å². The minimum Gasteiger partial charge on any atom is -0.463 e. The molecule has 1 atom stereocenters. The lowest BCUT2D eigenvalue weighted by Gasteiger charge is -2.12. The largest absolute Gasteiger partial charge is 0.463 e. The molecule has 0 unspecified atom stereocenters. The second-order valence-electron chi connectivity index (χ2n) is 12.0. The predicted molar refractivity (Wildman–Crippen MR) is 196 cm³/mol. The van der Waals surface area contributed by atoms with Crippen LogP contribution < -0.4 is 0 Å². The van der Waals surface area contributed by atoms with Crippen molar-refractivity contribution >= 4 is 11.9 Å². The fourth-order valence-electron chi connectivity index (χ4n) is 4.64. The van der Waals surface area contributed by atoms with Crippen LogP contribution in [0.3, 0.4) is 0 Å². The highest BCUT2D eigenvalue weighted by atomic mass is 16.6. The van der Waals surface area contributed by atoms with Gasteiger partial charge in [-0.3, -0.25) is 9.59 Å². The monoisotopic (exact) mass is 641 g/mol. The number of allylic oxidation sites excluding steroid dienone is 12. The first-order valence-corrected chi connectivity index (χ1v) is 18.5. The summed E-state index contributed by atoms with van der Waals surface area (Å²) >= 11 is 0. The molecule has 0 aromatic heterocycles. The van der Waals surface area contributed by atoms with Crippen molar-refractivity contribution in [3.05, 3.63) is 72.9 Å². The molecular weight excluding hydrogens is 572 g/mol. The molecule has 0 saturated heterocycles. The van der Waals surface area contributed by atoms with Gasteiger partial charge in [0.05, 0.1) is 0 Å². The van der Waals surface area contributed by atoms with E-state index in [1.807, 2.05) is 0 Å². The van der Waals surface area contributed by atoms with Gasteiger partial charge in [-0.15, -0.1) is 0 Å². The van der Waals surface area contributed by atoms with Crippen LogP contribution in [0.5, 0.6) is 0 Å². The lowest BCUT2D eigenvalue weighted by molar-refractivity contribution is -0.152. The van der Waals surface area contributed by atoms with E-state index in [4.69, 9.17) is 9.47 Å². The van der Waals surface area contributed by atoms with Crippen LogP contribution >= 0.6 is 0 Å². The predicted octanol–water partition coefficient (Wildman–Crippen LogP) is 11.4. The van der Waals surface area contributed by atoms with Gasteiger partial charge in [-0.25, -0.2) is 0 Å². The second-order valence-corrected chi connectivity index (χ2v) is 12.0. The number of unbranched alkanes of at least 4 members (excludes halogenated alkanes) is 12. The smallest absolute Gasteiger partial charge is 0.305 e. The van der Waals surface area contributed by atoms with Gasteiger partial charge in [-0.2, -0.15) is 0 Å². The number of aliphatic hydroxyl groups excluding tert-OH is 1. The Bertz CT molecular complexity index is 864. The zero-order chi connectivity index (χ0) is 33.6. The summed E-state index contributed by atoms with van der Waals surface area (Å²) in [5.41, 5.74) is 0. The molecule has 0 heterocycles. The maximum Gasteiger partial charge on any atom is 0.305 e. The molecule has 0 aromatic carbocycles. The first kappa shape index (κ1) is 43.3. The zero-order valence-corrected chi connectivity index (χ0v) is 29.6. The Morgan fingerprint density at radius 2 is 0.848 bits per heavy atom. The van der Waals surface area contributed by atoms with Gasteiger partial charge < -0.3 is 14.6 Å². The third-order valence-electron chi connectivity index (χ3n) is 7.43. The highest BCUT2D eigenvalue weighted by molar-refractivity contribution is 5.69. The van der Waals surface area contributed by atoms with Crippen LogP contribution in [0.4, 0.5) is 0 Å². The van der Waals surface area contributed by atoms with E-state index in [0.717, 1.165) is 57.8 Å². The molecule has 1 N–H and O–H groups in total. The molecule has 0 bridgehead atoms. The average molecular weight is 641 g/mol. The SMILES string of the molecule is CC/C=C\C/C=C\C/C=C\C/C=C\C/C=C\CCCC(=O)OC[C@H](O)COC(=O)CCCCCCCCC/C=C\CCCCCC. The van der Waals surface area contributed by atoms with Crippen LogP contribution in [0.1, 0.15) is 155 Å². The summed E-state index contributed by atoms with van der Waals surface area (Å²) in [6.45, 7) is 4.10. The Hall–Kier alpha value is -2.66. The highest BCUT2D eigenvalue weighted by Crippen LogP contribution is 2.11. The highest BCUT2D eigenvalue weighted by Gasteiger charge is 2.11. The van der Waals surface area contributed by atoms with Crippen LogP contribution in [0.15, 0.2) is 72.9 Å². The number of carbonyl (C=O) groups is 2. The van der Waals surface area contributed by atoms with E-state index in [1.54, 1.807) is 0 Å². The van der Waals surface area contributed by atoms with Gasteiger partial charge in [-0.1, -0.05) is 138 Å². The summed E-state index contributed by atoms with van der Waals surface area (Å²) in [7, 11) is 0.